The van der Waals surface area contributed by atoms with Crippen LogP contribution in [0.15, 0.2) is 0 Å². The maximum atomic E-state index is 12.5. The van der Waals surface area contributed by atoms with Crippen molar-refractivity contribution in [3.05, 3.63) is 0 Å². The van der Waals surface area contributed by atoms with Crippen molar-refractivity contribution >= 4 is 11.9 Å². The Morgan fingerprint density at radius 1 is 1.25 bits per heavy atom. The Bertz CT molecular complexity index is 439. The zero-order valence-corrected chi connectivity index (χ0v) is 11.8. The van der Waals surface area contributed by atoms with E-state index in [1.165, 1.54) is 0 Å². The number of ether oxygens (including phenoxy) is 1. The lowest BCUT2D eigenvalue weighted by molar-refractivity contribution is -0.190. The largest absolute Gasteiger partial charge is 0.451 e. The molecule has 1 N–H and O–H groups in total. The second-order valence-corrected chi connectivity index (χ2v) is 4.36. The van der Waals surface area contributed by atoms with Crippen molar-refractivity contribution in [2.75, 3.05) is 30.9 Å². The quantitative estimate of drug-likeness (QED) is 0.866. The van der Waals surface area contributed by atoms with Crippen LogP contribution in [0.4, 0.5) is 25.1 Å². The summed E-state index contributed by atoms with van der Waals surface area (Å²) in [6.45, 7) is 3.45. The highest BCUT2D eigenvalue weighted by molar-refractivity contribution is 5.36. The van der Waals surface area contributed by atoms with Crippen molar-refractivity contribution in [2.24, 2.45) is 0 Å². The number of halogens is 3. The van der Waals surface area contributed by atoms with Gasteiger partial charge in [0.05, 0.1) is 0 Å². The molecule has 20 heavy (non-hydrogen) atoms. The van der Waals surface area contributed by atoms with Gasteiger partial charge in [-0.25, -0.2) is 0 Å². The number of alkyl halides is 3. The normalized spacial score (nSPS) is 12.9. The van der Waals surface area contributed by atoms with Gasteiger partial charge in [0.15, 0.2) is 6.10 Å². The van der Waals surface area contributed by atoms with E-state index in [9.17, 15) is 13.2 Å². The van der Waals surface area contributed by atoms with Gasteiger partial charge in [-0.1, -0.05) is 6.92 Å². The summed E-state index contributed by atoms with van der Waals surface area (Å²) in [4.78, 5) is 13.3. The SMILES string of the molecule is CCCNc1nc(OC(C)C(F)(F)F)nc(N(C)C)n1. The molecule has 6 nitrogen and oxygen atoms in total. The van der Waals surface area contributed by atoms with Crippen LogP contribution in [0.5, 0.6) is 6.01 Å². The first-order chi connectivity index (χ1) is 9.24. The molecule has 0 bridgehead atoms. The second kappa shape index (κ2) is 6.58. The smallest absolute Gasteiger partial charge is 0.425 e. The molecule has 1 unspecified atom stereocenters. The minimum absolute atomic E-state index is 0.190. The van der Waals surface area contributed by atoms with Crippen LogP contribution in [-0.2, 0) is 0 Å². The molecule has 0 fully saturated rings. The van der Waals surface area contributed by atoms with Gasteiger partial charge in [-0.2, -0.15) is 28.1 Å². The van der Waals surface area contributed by atoms with E-state index in [1.807, 2.05) is 6.92 Å². The van der Waals surface area contributed by atoms with E-state index >= 15 is 0 Å². The molecule has 0 spiro atoms. The molecule has 9 heteroatoms. The lowest BCUT2D eigenvalue weighted by Crippen LogP contribution is -2.32. The van der Waals surface area contributed by atoms with Crippen LogP contribution in [0.2, 0.25) is 0 Å². The van der Waals surface area contributed by atoms with E-state index in [4.69, 9.17) is 4.74 Å². The van der Waals surface area contributed by atoms with Crippen molar-refractivity contribution in [3.8, 4) is 6.01 Å². The summed E-state index contributed by atoms with van der Waals surface area (Å²) in [6, 6.07) is -0.355. The summed E-state index contributed by atoms with van der Waals surface area (Å²) in [5, 5.41) is 2.89. The molecular formula is C11H18F3N5O. The fraction of sp³-hybridized carbons (Fsp3) is 0.727. The van der Waals surface area contributed by atoms with Crippen LogP contribution in [0.3, 0.4) is 0 Å². The molecule has 0 saturated heterocycles. The molecule has 0 aromatic carbocycles. The minimum Gasteiger partial charge on any atom is -0.451 e. The molecule has 0 saturated carbocycles. The Kier molecular flexibility index (Phi) is 5.34. The molecule has 1 aromatic rings. The minimum atomic E-state index is -4.47. The Morgan fingerprint density at radius 3 is 2.40 bits per heavy atom. The highest BCUT2D eigenvalue weighted by atomic mass is 19.4. The molecule has 1 heterocycles. The third kappa shape index (κ3) is 4.71. The number of nitrogens with one attached hydrogen (secondary N) is 1. The van der Waals surface area contributed by atoms with Gasteiger partial charge in [0, 0.05) is 20.6 Å². The predicted octanol–water partition coefficient (Wildman–Crippen LogP) is 2.09. The van der Waals surface area contributed by atoms with Crippen LogP contribution in [-0.4, -0.2) is 47.9 Å². The first-order valence-electron chi connectivity index (χ1n) is 6.14. The van der Waals surface area contributed by atoms with Gasteiger partial charge in [-0.05, 0) is 13.3 Å². The van der Waals surface area contributed by atoms with Gasteiger partial charge < -0.3 is 15.0 Å². The summed E-state index contributed by atoms with van der Waals surface area (Å²) >= 11 is 0. The van der Waals surface area contributed by atoms with Gasteiger partial charge in [0.2, 0.25) is 11.9 Å². The van der Waals surface area contributed by atoms with E-state index in [0.717, 1.165) is 13.3 Å². The molecule has 1 rings (SSSR count). The average molecular weight is 293 g/mol. The number of nitrogens with zero attached hydrogens (tertiary/aromatic N) is 4. The third-order valence-corrected chi connectivity index (χ3v) is 2.28. The van der Waals surface area contributed by atoms with Crippen LogP contribution >= 0.6 is 0 Å². The molecule has 0 amide bonds. The Labute approximate surface area is 115 Å². The monoisotopic (exact) mass is 293 g/mol. The zero-order valence-electron chi connectivity index (χ0n) is 11.8. The zero-order chi connectivity index (χ0) is 15.3. The highest BCUT2D eigenvalue weighted by Gasteiger charge is 2.38. The van der Waals surface area contributed by atoms with Crippen LogP contribution in [0, 0.1) is 0 Å². The third-order valence-electron chi connectivity index (χ3n) is 2.28. The number of rotatable bonds is 6. The lowest BCUT2D eigenvalue weighted by Gasteiger charge is -2.18. The molecule has 0 radical (unpaired) electrons. The van der Waals surface area contributed by atoms with Crippen molar-refractivity contribution in [2.45, 2.75) is 32.5 Å². The van der Waals surface area contributed by atoms with E-state index in [0.29, 0.717) is 6.54 Å². The van der Waals surface area contributed by atoms with Crippen LogP contribution in [0.1, 0.15) is 20.3 Å². The molecule has 0 aliphatic rings. The number of anilines is 2. The van der Waals surface area contributed by atoms with Gasteiger partial charge in [0.1, 0.15) is 0 Å². The average Bonchev–Trinajstić information content (AvgIpc) is 2.34. The summed E-state index contributed by atoms with van der Waals surface area (Å²) in [5.74, 6) is 0.415. The van der Waals surface area contributed by atoms with Crippen molar-refractivity contribution in [1.29, 1.82) is 0 Å². The molecule has 0 aliphatic carbocycles. The predicted molar refractivity (Wildman–Crippen MR) is 69.1 cm³/mol. The summed E-state index contributed by atoms with van der Waals surface area (Å²) in [6.07, 6.45) is -5.63. The van der Waals surface area contributed by atoms with Crippen LogP contribution in [0.25, 0.3) is 0 Å². The van der Waals surface area contributed by atoms with E-state index in [-0.39, 0.29) is 17.9 Å². The van der Waals surface area contributed by atoms with Gasteiger partial charge in [-0.15, -0.1) is 0 Å². The Morgan fingerprint density at radius 2 is 1.90 bits per heavy atom. The van der Waals surface area contributed by atoms with Gasteiger partial charge >= 0.3 is 12.2 Å². The lowest BCUT2D eigenvalue weighted by atomic mass is 10.4. The highest BCUT2D eigenvalue weighted by Crippen LogP contribution is 2.24. The second-order valence-electron chi connectivity index (χ2n) is 4.36. The van der Waals surface area contributed by atoms with Crippen molar-refractivity contribution < 1.29 is 17.9 Å². The molecule has 1 aromatic heterocycles. The van der Waals surface area contributed by atoms with Gasteiger partial charge in [-0.3, -0.25) is 0 Å². The standard InChI is InChI=1S/C11H18F3N5O/c1-5-6-15-8-16-9(19(3)4)18-10(17-8)20-7(2)11(12,13)14/h7H,5-6H2,1-4H3,(H,15,16,17,18). The molecule has 1 atom stereocenters. The number of hydrogen-bond donors (Lipinski definition) is 1. The first kappa shape index (κ1) is 16.3. The summed E-state index contributed by atoms with van der Waals surface area (Å²) in [5.41, 5.74) is 0. The summed E-state index contributed by atoms with van der Waals surface area (Å²) in [7, 11) is 3.35. The Balaban J connectivity index is 2.96. The first-order valence-corrected chi connectivity index (χ1v) is 6.14. The fourth-order valence-corrected chi connectivity index (χ4v) is 1.14. The van der Waals surface area contributed by atoms with E-state index in [2.05, 4.69) is 20.3 Å². The molecular weight excluding hydrogens is 275 g/mol. The van der Waals surface area contributed by atoms with Crippen molar-refractivity contribution in [1.82, 2.24) is 15.0 Å². The molecule has 0 aliphatic heterocycles. The number of hydrogen-bond acceptors (Lipinski definition) is 6. The number of aromatic nitrogens is 3. The van der Waals surface area contributed by atoms with Gasteiger partial charge in [0.25, 0.3) is 0 Å². The van der Waals surface area contributed by atoms with E-state index in [1.54, 1.807) is 19.0 Å². The van der Waals surface area contributed by atoms with Crippen molar-refractivity contribution in [3.63, 3.8) is 0 Å². The maximum Gasteiger partial charge on any atom is 0.425 e. The molecule has 114 valence electrons. The summed E-state index contributed by atoms with van der Waals surface area (Å²) < 4.78 is 42.2. The van der Waals surface area contributed by atoms with Crippen LogP contribution < -0.4 is 15.0 Å². The Hall–Kier alpha value is -1.80. The van der Waals surface area contributed by atoms with E-state index < -0.39 is 12.3 Å². The maximum absolute atomic E-state index is 12.5. The topological polar surface area (TPSA) is 63.2 Å². The fourth-order valence-electron chi connectivity index (χ4n) is 1.14.